The van der Waals surface area contributed by atoms with Crippen LogP contribution >= 0.6 is 23.5 Å². The number of nitrogens with zero attached hydrogens (tertiary/aromatic N) is 2. The van der Waals surface area contributed by atoms with E-state index in [0.717, 1.165) is 23.5 Å². The van der Waals surface area contributed by atoms with Crippen molar-refractivity contribution in [2.75, 3.05) is 0 Å². The van der Waals surface area contributed by atoms with E-state index in [-0.39, 0.29) is 5.16 Å². The molecule has 2 N–H and O–H groups in total. The maximum atomic E-state index is 11.7. The molecule has 0 amide bonds. The highest BCUT2D eigenvalue weighted by atomic mass is 32.2. The number of hydrogen-bond acceptors (Lipinski definition) is 6. The average molecular weight is 412 g/mol. The molecule has 3 aromatic rings. The van der Waals surface area contributed by atoms with Gasteiger partial charge >= 0.3 is 11.9 Å². The third-order valence-corrected chi connectivity index (χ3v) is 6.02. The Kier molecular flexibility index (Phi) is 6.67. The second-order valence-corrected chi connectivity index (χ2v) is 7.87. The highest BCUT2D eigenvalue weighted by Crippen LogP contribution is 2.37. The van der Waals surface area contributed by atoms with E-state index in [1.54, 1.807) is 54.6 Å². The van der Waals surface area contributed by atoms with Gasteiger partial charge in [0.25, 0.3) is 0 Å². The molecular weight excluding hydrogens is 396 g/mol. The Morgan fingerprint density at radius 3 is 1.75 bits per heavy atom. The summed E-state index contributed by atoms with van der Waals surface area (Å²) in [6, 6.07) is 19.3. The summed E-state index contributed by atoms with van der Waals surface area (Å²) in [4.78, 5) is 31.9. The second kappa shape index (κ2) is 9.38. The van der Waals surface area contributed by atoms with Crippen LogP contribution in [0.5, 0.6) is 0 Å². The van der Waals surface area contributed by atoms with E-state index in [2.05, 4.69) is 9.97 Å². The molecule has 142 valence electrons. The fourth-order valence-corrected chi connectivity index (χ4v) is 4.30. The highest BCUT2D eigenvalue weighted by Gasteiger charge is 2.24. The van der Waals surface area contributed by atoms with E-state index in [1.165, 1.54) is 6.20 Å². The zero-order chi connectivity index (χ0) is 19.9. The van der Waals surface area contributed by atoms with Crippen LogP contribution in [0.2, 0.25) is 0 Å². The van der Waals surface area contributed by atoms with Crippen LogP contribution in [0.4, 0.5) is 0 Å². The van der Waals surface area contributed by atoms with Crippen LogP contribution in [0.1, 0.15) is 21.6 Å². The lowest BCUT2D eigenvalue weighted by Crippen LogP contribution is -2.09. The molecule has 0 aliphatic carbocycles. The molecule has 0 aliphatic heterocycles. The Morgan fingerprint density at radius 1 is 0.750 bits per heavy atom. The van der Waals surface area contributed by atoms with Gasteiger partial charge < -0.3 is 10.2 Å². The van der Waals surface area contributed by atoms with Crippen LogP contribution < -0.4 is 0 Å². The Balaban J connectivity index is 1.81. The van der Waals surface area contributed by atoms with Gasteiger partial charge in [-0.1, -0.05) is 84.2 Å². The Bertz CT molecular complexity index is 880. The molecule has 8 heteroatoms. The molecule has 2 aromatic carbocycles. The molecule has 0 saturated heterocycles. The Morgan fingerprint density at radius 2 is 1.25 bits per heavy atom. The van der Waals surface area contributed by atoms with E-state index in [0.29, 0.717) is 16.2 Å². The first-order valence-corrected chi connectivity index (χ1v) is 10.0. The minimum atomic E-state index is -0.995. The average Bonchev–Trinajstić information content (AvgIpc) is 2.71. The lowest BCUT2D eigenvalue weighted by atomic mass is 10.1. The zero-order valence-electron chi connectivity index (χ0n) is 14.5. The summed E-state index contributed by atoms with van der Waals surface area (Å²) < 4.78 is 0. The van der Waals surface area contributed by atoms with Crippen LogP contribution in [0, 0.1) is 0 Å². The predicted molar refractivity (Wildman–Crippen MR) is 107 cm³/mol. The molecule has 0 aliphatic rings. The van der Waals surface area contributed by atoms with Crippen LogP contribution in [0.3, 0.4) is 0 Å². The summed E-state index contributed by atoms with van der Waals surface area (Å²) in [6.45, 7) is 0. The number of hydrogen-bond donors (Lipinski definition) is 2. The van der Waals surface area contributed by atoms with E-state index in [1.807, 2.05) is 12.1 Å². The van der Waals surface area contributed by atoms with Crippen LogP contribution in [0.25, 0.3) is 0 Å². The smallest absolute Gasteiger partial charge is 0.321 e. The summed E-state index contributed by atoms with van der Waals surface area (Å²) in [6.07, 6.45) is 1.51. The van der Waals surface area contributed by atoms with Crippen LogP contribution in [-0.2, 0) is 9.59 Å². The van der Waals surface area contributed by atoms with Crippen molar-refractivity contribution >= 4 is 35.5 Å². The zero-order valence-corrected chi connectivity index (χ0v) is 16.1. The lowest BCUT2D eigenvalue weighted by Gasteiger charge is -2.14. The molecule has 28 heavy (non-hydrogen) atoms. The Labute approximate surface area is 170 Å². The number of aliphatic carboxylic acids is 2. The summed E-state index contributed by atoms with van der Waals surface area (Å²) in [5.74, 6) is -1.97. The summed E-state index contributed by atoms with van der Waals surface area (Å²) in [5, 5.41) is 18.2. The van der Waals surface area contributed by atoms with Crippen molar-refractivity contribution in [3.63, 3.8) is 0 Å². The molecule has 0 unspecified atom stereocenters. The molecule has 0 bridgehead atoms. The molecule has 2 atom stereocenters. The standard InChI is InChI=1S/C20H16N2O4S2/c23-18(24)16(13-7-3-1-4-8-13)27-15-11-12-21-20(22-15)28-17(19(25)26)14-9-5-2-6-10-14/h1-12,16-17H,(H,23,24)(H,25,26)/t16-,17-/m0/s1. The van der Waals surface area contributed by atoms with E-state index in [9.17, 15) is 19.8 Å². The molecule has 0 fully saturated rings. The van der Waals surface area contributed by atoms with Gasteiger partial charge in [0.1, 0.15) is 15.5 Å². The first-order valence-electron chi connectivity index (χ1n) is 8.26. The third-order valence-electron chi connectivity index (χ3n) is 3.72. The minimum absolute atomic E-state index is 0.276. The SMILES string of the molecule is O=C(O)[C@@H](Sc1ccnc(S[C@H](C(=O)O)c2ccccc2)n1)c1ccccc1. The first kappa shape index (κ1) is 19.9. The van der Waals surface area contributed by atoms with Crippen molar-refractivity contribution in [1.29, 1.82) is 0 Å². The van der Waals surface area contributed by atoms with Crippen molar-refractivity contribution in [2.45, 2.75) is 20.7 Å². The van der Waals surface area contributed by atoms with Gasteiger partial charge in [-0.2, -0.15) is 0 Å². The van der Waals surface area contributed by atoms with Crippen molar-refractivity contribution < 1.29 is 19.8 Å². The third kappa shape index (κ3) is 5.11. The van der Waals surface area contributed by atoms with Crippen LogP contribution in [-0.4, -0.2) is 32.1 Å². The van der Waals surface area contributed by atoms with Gasteiger partial charge in [0.05, 0.1) is 0 Å². The number of thioether (sulfide) groups is 2. The molecule has 1 aromatic heterocycles. The van der Waals surface area contributed by atoms with Crippen molar-refractivity contribution in [2.24, 2.45) is 0 Å². The quantitative estimate of drug-likeness (QED) is 0.321. The molecule has 0 saturated carbocycles. The van der Waals surface area contributed by atoms with Gasteiger partial charge in [-0.3, -0.25) is 9.59 Å². The largest absolute Gasteiger partial charge is 0.480 e. The van der Waals surface area contributed by atoms with Crippen molar-refractivity contribution in [1.82, 2.24) is 9.97 Å². The van der Waals surface area contributed by atoms with Crippen LogP contribution in [0.15, 0.2) is 83.1 Å². The monoisotopic (exact) mass is 412 g/mol. The first-order chi connectivity index (χ1) is 13.5. The highest BCUT2D eigenvalue weighted by molar-refractivity contribution is 8.00. The van der Waals surface area contributed by atoms with Crippen molar-refractivity contribution in [3.8, 4) is 0 Å². The van der Waals surface area contributed by atoms with E-state index < -0.39 is 22.4 Å². The van der Waals surface area contributed by atoms with Gasteiger partial charge in [0, 0.05) is 6.20 Å². The van der Waals surface area contributed by atoms with E-state index in [4.69, 9.17) is 0 Å². The normalized spacial score (nSPS) is 12.9. The van der Waals surface area contributed by atoms with Crippen molar-refractivity contribution in [3.05, 3.63) is 84.1 Å². The second-order valence-electron chi connectivity index (χ2n) is 5.67. The lowest BCUT2D eigenvalue weighted by molar-refractivity contribution is -0.137. The number of benzene rings is 2. The number of carboxylic acid groups (broad SMARTS) is 2. The summed E-state index contributed by atoms with van der Waals surface area (Å²) in [7, 11) is 0. The fourth-order valence-electron chi connectivity index (χ4n) is 2.45. The topological polar surface area (TPSA) is 100 Å². The van der Waals surface area contributed by atoms with Gasteiger partial charge in [0.2, 0.25) is 0 Å². The molecule has 3 rings (SSSR count). The Hall–Kier alpha value is -2.84. The molecular formula is C20H16N2O4S2. The maximum Gasteiger partial charge on any atom is 0.321 e. The summed E-state index contributed by atoms with van der Waals surface area (Å²) in [5.41, 5.74) is 1.29. The number of carboxylic acids is 2. The molecule has 0 radical (unpaired) electrons. The van der Waals surface area contributed by atoms with Gasteiger partial charge in [-0.25, -0.2) is 9.97 Å². The number of rotatable bonds is 8. The molecule has 1 heterocycles. The summed E-state index contributed by atoms with van der Waals surface area (Å²) >= 11 is 2.10. The van der Waals surface area contributed by atoms with Gasteiger partial charge in [0.15, 0.2) is 5.16 Å². The predicted octanol–water partition coefficient (Wildman–Crippen LogP) is 4.31. The number of aromatic nitrogens is 2. The molecule has 6 nitrogen and oxygen atoms in total. The minimum Gasteiger partial charge on any atom is -0.480 e. The van der Waals surface area contributed by atoms with E-state index >= 15 is 0 Å². The fraction of sp³-hybridized carbons (Fsp3) is 0.100. The van der Waals surface area contributed by atoms with Gasteiger partial charge in [-0.15, -0.1) is 0 Å². The van der Waals surface area contributed by atoms with Gasteiger partial charge in [-0.05, 0) is 17.2 Å². The number of carbonyl (C=O) groups is 2. The molecule has 0 spiro atoms. The maximum absolute atomic E-state index is 11.7.